The van der Waals surface area contributed by atoms with Crippen LogP contribution in [0.1, 0.15) is 46.3 Å². The van der Waals surface area contributed by atoms with E-state index in [0.29, 0.717) is 46.9 Å². The number of methoxy groups -OCH3 is 1. The van der Waals surface area contributed by atoms with Crippen molar-refractivity contribution >= 4 is 35.0 Å². The Morgan fingerprint density at radius 1 is 1.18 bits per heavy atom. The van der Waals surface area contributed by atoms with Gasteiger partial charge in [0.15, 0.2) is 0 Å². The number of carbonyl (C=O) groups excluding carboxylic acids is 2. The number of fused-ring (bicyclic) bond motifs is 1. The summed E-state index contributed by atoms with van der Waals surface area (Å²) in [6.07, 6.45) is 9.82. The fourth-order valence-electron chi connectivity index (χ4n) is 5.55. The Balaban J connectivity index is 1.46. The van der Waals surface area contributed by atoms with Gasteiger partial charge in [0.1, 0.15) is 17.5 Å². The molecular weight excluding hydrogens is 499 g/mol. The maximum absolute atomic E-state index is 16.2. The molecule has 0 spiro atoms. The monoisotopic (exact) mass is 530 g/mol. The number of pyridine rings is 1. The molecule has 2 aromatic heterocycles. The molecular formula is C29H31FN6O3. The van der Waals surface area contributed by atoms with Crippen LogP contribution in [0.4, 0.5) is 15.9 Å². The van der Waals surface area contributed by atoms with Crippen LogP contribution in [-0.4, -0.2) is 59.7 Å². The first-order valence-electron chi connectivity index (χ1n) is 13.2. The van der Waals surface area contributed by atoms with Gasteiger partial charge in [-0.1, -0.05) is 0 Å². The number of ether oxygens (including phenoxy) is 1. The molecule has 1 saturated carbocycles. The lowest BCUT2D eigenvalue weighted by molar-refractivity contribution is -0.117. The number of amides is 2. The minimum atomic E-state index is -0.372. The molecule has 3 aliphatic rings. The third-order valence-electron chi connectivity index (χ3n) is 7.86. The lowest BCUT2D eigenvalue weighted by Gasteiger charge is -2.24. The van der Waals surface area contributed by atoms with Crippen molar-refractivity contribution in [2.75, 3.05) is 37.5 Å². The first-order valence-corrected chi connectivity index (χ1v) is 13.2. The van der Waals surface area contributed by atoms with Crippen LogP contribution in [0.3, 0.4) is 0 Å². The molecule has 202 valence electrons. The summed E-state index contributed by atoms with van der Waals surface area (Å²) < 4.78 is 23.7. The van der Waals surface area contributed by atoms with E-state index in [2.05, 4.69) is 25.5 Å². The van der Waals surface area contributed by atoms with Gasteiger partial charge in [-0.3, -0.25) is 9.59 Å². The molecule has 9 nitrogen and oxygen atoms in total. The van der Waals surface area contributed by atoms with Gasteiger partial charge in [0, 0.05) is 87.6 Å². The molecule has 0 radical (unpaired) electrons. The summed E-state index contributed by atoms with van der Waals surface area (Å²) in [5.74, 6) is 0.367. The molecule has 6 rings (SSSR count). The summed E-state index contributed by atoms with van der Waals surface area (Å²) in [4.78, 5) is 36.3. The van der Waals surface area contributed by atoms with Crippen LogP contribution in [0.5, 0.6) is 0 Å². The molecule has 2 N–H and O–H groups in total. The molecule has 0 bridgehead atoms. The lowest BCUT2D eigenvalue weighted by atomic mass is 9.97. The van der Waals surface area contributed by atoms with Crippen LogP contribution in [0.25, 0.3) is 23.0 Å². The number of carbonyl (C=O) groups is 2. The Morgan fingerprint density at radius 2 is 2.00 bits per heavy atom. The highest BCUT2D eigenvalue weighted by atomic mass is 19.1. The summed E-state index contributed by atoms with van der Waals surface area (Å²) in [6, 6.07) is 3.50. The molecule has 1 saturated heterocycles. The maximum Gasteiger partial charge on any atom is 0.253 e. The number of hydrogen-bond acceptors (Lipinski definition) is 6. The second kappa shape index (κ2) is 9.92. The zero-order valence-electron chi connectivity index (χ0n) is 22.3. The van der Waals surface area contributed by atoms with Crippen molar-refractivity contribution in [3.63, 3.8) is 0 Å². The number of halogens is 1. The zero-order chi connectivity index (χ0) is 27.3. The highest BCUT2D eigenvalue weighted by Crippen LogP contribution is 2.43. The quantitative estimate of drug-likeness (QED) is 0.484. The number of allylic oxidation sites excluding steroid dienone is 1. The second-order valence-corrected chi connectivity index (χ2v) is 10.4. The largest absolute Gasteiger partial charge is 0.380 e. The number of nitrogens with one attached hydrogen (secondary N) is 2. The minimum Gasteiger partial charge on any atom is -0.380 e. The first kappa shape index (κ1) is 25.2. The molecule has 1 aromatic carbocycles. The van der Waals surface area contributed by atoms with E-state index in [1.807, 2.05) is 30.0 Å². The van der Waals surface area contributed by atoms with Crippen molar-refractivity contribution < 1.29 is 18.7 Å². The minimum absolute atomic E-state index is 0.00140. The lowest BCUT2D eigenvalue weighted by Crippen LogP contribution is -2.24. The third-order valence-corrected chi connectivity index (χ3v) is 7.86. The smallest absolute Gasteiger partial charge is 0.253 e. The van der Waals surface area contributed by atoms with E-state index in [0.717, 1.165) is 42.6 Å². The molecule has 3 aromatic rings. The number of anilines is 2. The molecule has 2 amide bonds. The van der Waals surface area contributed by atoms with Gasteiger partial charge in [0.25, 0.3) is 5.91 Å². The Kier molecular flexibility index (Phi) is 6.42. The molecule has 10 heteroatoms. The fourth-order valence-corrected chi connectivity index (χ4v) is 5.55. The zero-order valence-corrected chi connectivity index (χ0v) is 22.3. The van der Waals surface area contributed by atoms with E-state index < -0.39 is 0 Å². The van der Waals surface area contributed by atoms with Gasteiger partial charge >= 0.3 is 0 Å². The number of nitrogens with zero attached hydrogens (tertiary/aromatic N) is 4. The van der Waals surface area contributed by atoms with Crippen LogP contribution in [-0.2, 0) is 23.0 Å². The number of aryl methyl sites for hydroxylation is 1. The number of imidazole rings is 1. The highest BCUT2D eigenvalue weighted by Gasteiger charge is 2.34. The average molecular weight is 531 g/mol. The number of rotatable bonds is 7. The van der Waals surface area contributed by atoms with Crippen LogP contribution in [0.15, 0.2) is 30.7 Å². The molecule has 39 heavy (non-hydrogen) atoms. The Labute approximate surface area is 226 Å². The Hall–Kier alpha value is -4.05. The SMILES string of the molecule is CNC(=O)c1cnc(NC(=O)C2CC2)c2c1C=C(c1c(F)cc(-c3nccn3C)cc1N1CC[C@@H](OC)C1)C2. The normalized spacial score (nSPS) is 18.2. The Morgan fingerprint density at radius 3 is 2.67 bits per heavy atom. The van der Waals surface area contributed by atoms with E-state index in [-0.39, 0.29) is 29.7 Å². The van der Waals surface area contributed by atoms with Crippen molar-refractivity contribution in [3.8, 4) is 11.4 Å². The summed E-state index contributed by atoms with van der Waals surface area (Å²) in [7, 11) is 5.14. The van der Waals surface area contributed by atoms with Gasteiger partial charge in [-0.2, -0.15) is 0 Å². The Bertz CT molecular complexity index is 1510. The molecule has 1 atom stereocenters. The van der Waals surface area contributed by atoms with E-state index in [4.69, 9.17) is 4.74 Å². The van der Waals surface area contributed by atoms with E-state index in [1.54, 1.807) is 20.4 Å². The predicted molar refractivity (Wildman–Crippen MR) is 147 cm³/mol. The van der Waals surface area contributed by atoms with Gasteiger partial charge < -0.3 is 24.8 Å². The predicted octanol–water partition coefficient (Wildman–Crippen LogP) is 3.65. The topological polar surface area (TPSA) is 101 Å². The van der Waals surface area contributed by atoms with Crippen LogP contribution in [0.2, 0.25) is 0 Å². The van der Waals surface area contributed by atoms with Crippen LogP contribution in [0, 0.1) is 11.7 Å². The summed E-state index contributed by atoms with van der Waals surface area (Å²) in [5, 5.41) is 5.61. The van der Waals surface area contributed by atoms with E-state index >= 15 is 4.39 Å². The fraction of sp³-hybridized carbons (Fsp3) is 0.379. The van der Waals surface area contributed by atoms with Crippen molar-refractivity contribution in [1.29, 1.82) is 0 Å². The van der Waals surface area contributed by atoms with Gasteiger partial charge in [-0.15, -0.1) is 0 Å². The third kappa shape index (κ3) is 4.58. The number of hydrogen-bond donors (Lipinski definition) is 2. The maximum atomic E-state index is 16.2. The summed E-state index contributed by atoms with van der Waals surface area (Å²) in [5.41, 5.74) is 4.40. The molecule has 3 heterocycles. The average Bonchev–Trinajstić information content (AvgIpc) is 3.30. The van der Waals surface area contributed by atoms with Crippen molar-refractivity contribution in [1.82, 2.24) is 19.9 Å². The molecule has 2 aliphatic carbocycles. The summed E-state index contributed by atoms with van der Waals surface area (Å²) in [6.45, 7) is 1.36. The first-order chi connectivity index (χ1) is 18.9. The molecule has 2 fully saturated rings. The van der Waals surface area contributed by atoms with Crippen LogP contribution >= 0.6 is 0 Å². The number of aromatic nitrogens is 3. The van der Waals surface area contributed by atoms with Crippen LogP contribution < -0.4 is 15.5 Å². The van der Waals surface area contributed by atoms with Gasteiger partial charge in [0.2, 0.25) is 5.91 Å². The van der Waals surface area contributed by atoms with Crippen molar-refractivity contribution in [2.45, 2.75) is 31.8 Å². The van der Waals surface area contributed by atoms with Gasteiger partial charge in [-0.05, 0) is 48.6 Å². The van der Waals surface area contributed by atoms with E-state index in [9.17, 15) is 9.59 Å². The standard InChI is InChI=1S/C29H31FN6O3/c1-31-29(38)22-14-33-26(34-28(37)16-4-5-16)21-11-17(10-20(21)22)25-23(30)12-18(27-32-7-9-35(27)2)13-24(25)36-8-6-19(15-36)39-3/h7,9-10,12-14,16,19H,4-6,8,11,15H2,1-3H3,(H,31,38)(H,33,34,37)/t19-/m1/s1. The number of benzene rings is 1. The highest BCUT2D eigenvalue weighted by molar-refractivity contribution is 6.05. The van der Waals surface area contributed by atoms with Gasteiger partial charge in [0.05, 0.1) is 11.7 Å². The van der Waals surface area contributed by atoms with E-state index in [1.165, 1.54) is 12.3 Å². The molecule has 0 unspecified atom stereocenters. The second-order valence-electron chi connectivity index (χ2n) is 10.4. The van der Waals surface area contributed by atoms with Gasteiger partial charge in [-0.25, -0.2) is 14.4 Å². The summed E-state index contributed by atoms with van der Waals surface area (Å²) >= 11 is 0. The van der Waals surface area contributed by atoms with Crippen molar-refractivity contribution in [2.24, 2.45) is 13.0 Å². The molecule has 1 aliphatic heterocycles. The van der Waals surface area contributed by atoms with Crippen molar-refractivity contribution in [3.05, 3.63) is 58.8 Å².